The van der Waals surface area contributed by atoms with Crippen LogP contribution in [-0.2, 0) is 12.8 Å². The van der Waals surface area contributed by atoms with E-state index in [1.165, 1.54) is 11.1 Å². The number of hydrogen-bond donors (Lipinski definition) is 1. The zero-order valence-corrected chi connectivity index (χ0v) is 9.08. The average Bonchev–Trinajstić information content (AvgIpc) is 2.73. The Labute approximate surface area is 90.2 Å². The van der Waals surface area contributed by atoms with Crippen molar-refractivity contribution in [3.63, 3.8) is 0 Å². The number of ether oxygens (including phenoxy) is 2. The normalized spacial score (nSPS) is 13.5. The maximum Gasteiger partial charge on any atom is 0.164 e. The molecule has 0 saturated carbocycles. The van der Waals surface area contributed by atoms with Crippen LogP contribution in [0, 0.1) is 0 Å². The van der Waals surface area contributed by atoms with Gasteiger partial charge in [0, 0.05) is 12.0 Å². The number of aryl methyl sites for hydroxylation is 1. The summed E-state index contributed by atoms with van der Waals surface area (Å²) in [5.41, 5.74) is 8.06. The minimum absolute atomic E-state index is 0.732. The van der Waals surface area contributed by atoms with Gasteiger partial charge in [-0.2, -0.15) is 0 Å². The van der Waals surface area contributed by atoms with E-state index < -0.39 is 0 Å². The molecule has 15 heavy (non-hydrogen) atoms. The first-order valence-electron chi connectivity index (χ1n) is 5.38. The van der Waals surface area contributed by atoms with E-state index in [1.807, 2.05) is 0 Å². The van der Waals surface area contributed by atoms with Gasteiger partial charge in [-0.1, -0.05) is 6.07 Å². The van der Waals surface area contributed by atoms with Crippen molar-refractivity contribution < 1.29 is 9.47 Å². The lowest BCUT2D eigenvalue weighted by atomic mass is 10.0. The van der Waals surface area contributed by atoms with Gasteiger partial charge in [-0.05, 0) is 31.0 Å². The molecule has 1 aromatic carbocycles. The van der Waals surface area contributed by atoms with Gasteiger partial charge in [0.05, 0.1) is 13.7 Å². The third kappa shape index (κ3) is 2.07. The van der Waals surface area contributed by atoms with Gasteiger partial charge < -0.3 is 15.2 Å². The van der Waals surface area contributed by atoms with Gasteiger partial charge in [0.15, 0.2) is 11.5 Å². The third-order valence-electron chi connectivity index (χ3n) is 2.70. The standard InChI is InChI=1S/C12H17NO2/c1-14-11-8-9(3-2-5-13)7-10-4-6-15-12(10)11/h7-8H,2-6,13H2,1H3. The van der Waals surface area contributed by atoms with Crippen molar-refractivity contribution in [1.29, 1.82) is 0 Å². The highest BCUT2D eigenvalue weighted by atomic mass is 16.5. The number of benzene rings is 1. The second-order valence-corrected chi connectivity index (χ2v) is 3.78. The smallest absolute Gasteiger partial charge is 0.164 e. The summed E-state index contributed by atoms with van der Waals surface area (Å²) in [6.45, 7) is 1.50. The van der Waals surface area contributed by atoms with Gasteiger partial charge in [0.2, 0.25) is 0 Å². The Morgan fingerprint density at radius 3 is 3.07 bits per heavy atom. The molecular weight excluding hydrogens is 190 g/mol. The Bertz CT molecular complexity index is 350. The van der Waals surface area contributed by atoms with Crippen LogP contribution in [0.3, 0.4) is 0 Å². The molecule has 0 aliphatic carbocycles. The molecule has 0 saturated heterocycles. The Hall–Kier alpha value is -1.22. The first-order valence-corrected chi connectivity index (χ1v) is 5.38. The summed E-state index contributed by atoms with van der Waals surface area (Å²) < 4.78 is 10.9. The van der Waals surface area contributed by atoms with Crippen molar-refractivity contribution in [1.82, 2.24) is 0 Å². The number of methoxy groups -OCH3 is 1. The number of fused-ring (bicyclic) bond motifs is 1. The van der Waals surface area contributed by atoms with Crippen LogP contribution in [0.2, 0.25) is 0 Å². The molecule has 0 aromatic heterocycles. The Kier molecular flexibility index (Phi) is 3.11. The van der Waals surface area contributed by atoms with Crippen molar-refractivity contribution in [3.05, 3.63) is 23.3 Å². The van der Waals surface area contributed by atoms with E-state index in [1.54, 1.807) is 7.11 Å². The molecule has 3 heteroatoms. The molecule has 0 bridgehead atoms. The lowest BCUT2D eigenvalue weighted by molar-refractivity contribution is 0.326. The predicted octanol–water partition coefficient (Wildman–Crippen LogP) is 1.52. The SMILES string of the molecule is COc1cc(CCCN)cc2c1OCC2. The van der Waals surface area contributed by atoms with E-state index in [-0.39, 0.29) is 0 Å². The summed E-state index contributed by atoms with van der Waals surface area (Å²) in [6.07, 6.45) is 3.02. The van der Waals surface area contributed by atoms with Gasteiger partial charge in [0.25, 0.3) is 0 Å². The Balaban J connectivity index is 2.26. The Morgan fingerprint density at radius 1 is 1.47 bits per heavy atom. The maximum atomic E-state index is 5.53. The molecule has 1 aliphatic heterocycles. The summed E-state index contributed by atoms with van der Waals surface area (Å²) >= 11 is 0. The monoisotopic (exact) mass is 207 g/mol. The molecule has 0 atom stereocenters. The molecule has 0 spiro atoms. The van der Waals surface area contributed by atoms with Crippen molar-refractivity contribution in [2.75, 3.05) is 20.3 Å². The third-order valence-corrected chi connectivity index (χ3v) is 2.70. The van der Waals surface area contributed by atoms with Crippen LogP contribution in [0.5, 0.6) is 11.5 Å². The fourth-order valence-corrected chi connectivity index (χ4v) is 1.94. The van der Waals surface area contributed by atoms with Crippen LogP contribution in [0.1, 0.15) is 17.5 Å². The number of hydrogen-bond acceptors (Lipinski definition) is 3. The first kappa shape index (κ1) is 10.3. The van der Waals surface area contributed by atoms with E-state index in [4.69, 9.17) is 15.2 Å². The quantitative estimate of drug-likeness (QED) is 0.814. The summed E-state index contributed by atoms with van der Waals surface area (Å²) in [5.74, 6) is 1.78. The van der Waals surface area contributed by atoms with E-state index in [0.717, 1.165) is 43.9 Å². The van der Waals surface area contributed by atoms with E-state index in [9.17, 15) is 0 Å². The number of nitrogens with two attached hydrogens (primary N) is 1. The first-order chi connectivity index (χ1) is 7.35. The van der Waals surface area contributed by atoms with E-state index >= 15 is 0 Å². The van der Waals surface area contributed by atoms with E-state index in [2.05, 4.69) is 12.1 Å². The molecule has 0 unspecified atom stereocenters. The predicted molar refractivity (Wildman–Crippen MR) is 59.6 cm³/mol. The van der Waals surface area contributed by atoms with Gasteiger partial charge in [-0.25, -0.2) is 0 Å². The van der Waals surface area contributed by atoms with Crippen LogP contribution in [0.4, 0.5) is 0 Å². The van der Waals surface area contributed by atoms with Gasteiger partial charge in [-0.3, -0.25) is 0 Å². The van der Waals surface area contributed by atoms with Crippen LogP contribution in [0.15, 0.2) is 12.1 Å². The average molecular weight is 207 g/mol. The summed E-state index contributed by atoms with van der Waals surface area (Å²) in [5, 5.41) is 0. The number of rotatable bonds is 4. The maximum absolute atomic E-state index is 5.53. The molecule has 0 radical (unpaired) electrons. The van der Waals surface area contributed by atoms with Gasteiger partial charge >= 0.3 is 0 Å². The molecule has 0 amide bonds. The Morgan fingerprint density at radius 2 is 2.33 bits per heavy atom. The van der Waals surface area contributed by atoms with Crippen molar-refractivity contribution in [2.24, 2.45) is 5.73 Å². The zero-order chi connectivity index (χ0) is 10.7. The lowest BCUT2D eigenvalue weighted by Gasteiger charge is -2.09. The highest BCUT2D eigenvalue weighted by Crippen LogP contribution is 2.36. The van der Waals surface area contributed by atoms with Crippen molar-refractivity contribution >= 4 is 0 Å². The summed E-state index contributed by atoms with van der Waals surface area (Å²) in [6, 6.07) is 4.26. The second-order valence-electron chi connectivity index (χ2n) is 3.78. The minimum Gasteiger partial charge on any atom is -0.493 e. The van der Waals surface area contributed by atoms with Crippen molar-refractivity contribution in [3.8, 4) is 11.5 Å². The molecule has 2 rings (SSSR count). The molecule has 2 N–H and O–H groups in total. The van der Waals surface area contributed by atoms with Crippen LogP contribution in [-0.4, -0.2) is 20.3 Å². The highest BCUT2D eigenvalue weighted by molar-refractivity contribution is 5.51. The van der Waals surface area contributed by atoms with Crippen molar-refractivity contribution in [2.45, 2.75) is 19.3 Å². The topological polar surface area (TPSA) is 44.5 Å². The van der Waals surface area contributed by atoms with Crippen LogP contribution in [0.25, 0.3) is 0 Å². The fourth-order valence-electron chi connectivity index (χ4n) is 1.94. The zero-order valence-electron chi connectivity index (χ0n) is 9.08. The minimum atomic E-state index is 0.732. The molecule has 82 valence electrons. The molecule has 1 aromatic rings. The second kappa shape index (κ2) is 4.53. The summed E-state index contributed by atoms with van der Waals surface area (Å²) in [7, 11) is 1.68. The molecule has 1 aliphatic rings. The largest absolute Gasteiger partial charge is 0.493 e. The van der Waals surface area contributed by atoms with Gasteiger partial charge in [0.1, 0.15) is 0 Å². The fraction of sp³-hybridized carbons (Fsp3) is 0.500. The molecular formula is C12H17NO2. The van der Waals surface area contributed by atoms with Crippen LogP contribution >= 0.6 is 0 Å². The lowest BCUT2D eigenvalue weighted by Crippen LogP contribution is -2.01. The van der Waals surface area contributed by atoms with E-state index in [0.29, 0.717) is 0 Å². The van der Waals surface area contributed by atoms with Crippen LogP contribution < -0.4 is 15.2 Å². The highest BCUT2D eigenvalue weighted by Gasteiger charge is 2.18. The molecule has 0 fully saturated rings. The van der Waals surface area contributed by atoms with Gasteiger partial charge in [-0.15, -0.1) is 0 Å². The summed E-state index contributed by atoms with van der Waals surface area (Å²) in [4.78, 5) is 0. The molecule has 1 heterocycles. The molecule has 3 nitrogen and oxygen atoms in total.